The van der Waals surface area contributed by atoms with Gasteiger partial charge in [-0.1, -0.05) is 12.8 Å². The smallest absolute Gasteiger partial charge is 0.108 e. The Morgan fingerprint density at radius 2 is 2.18 bits per heavy atom. The molecule has 0 aliphatic heterocycles. The van der Waals surface area contributed by atoms with Crippen LogP contribution in [0.5, 0.6) is 0 Å². The lowest BCUT2D eigenvalue weighted by molar-refractivity contribution is 0.0399. The van der Waals surface area contributed by atoms with Crippen LogP contribution in [0.25, 0.3) is 0 Å². The molecule has 0 unspecified atom stereocenters. The maximum absolute atomic E-state index is 9.97. The summed E-state index contributed by atoms with van der Waals surface area (Å²) in [5.74, 6) is 0. The third-order valence-corrected chi connectivity index (χ3v) is 2.41. The van der Waals surface area contributed by atoms with E-state index in [1.165, 1.54) is 0 Å². The van der Waals surface area contributed by atoms with Gasteiger partial charge in [-0.05, 0) is 18.9 Å². The van der Waals surface area contributed by atoms with Crippen molar-refractivity contribution in [3.05, 3.63) is 18.0 Å². The van der Waals surface area contributed by atoms with Crippen LogP contribution in [-0.4, -0.2) is 15.3 Å². The summed E-state index contributed by atoms with van der Waals surface area (Å²) in [5, 5.41) is 16.7. The summed E-state index contributed by atoms with van der Waals surface area (Å²) in [6, 6.07) is 1.85. The minimum absolute atomic E-state index is 0.625. The molecule has 1 aliphatic rings. The van der Waals surface area contributed by atoms with Crippen LogP contribution in [0.3, 0.4) is 0 Å². The van der Waals surface area contributed by atoms with E-state index >= 15 is 0 Å². The third-order valence-electron chi connectivity index (χ3n) is 2.41. The zero-order chi connectivity index (χ0) is 7.73. The van der Waals surface area contributed by atoms with E-state index in [9.17, 15) is 5.11 Å². The second-order valence-corrected chi connectivity index (χ2v) is 3.20. The molecule has 1 saturated carbocycles. The first kappa shape index (κ1) is 6.85. The van der Waals surface area contributed by atoms with Gasteiger partial charge in [0.05, 0.1) is 5.69 Å². The minimum atomic E-state index is -0.625. The predicted octanol–water partition coefficient (Wildman–Crippen LogP) is 1.17. The number of H-pyrrole nitrogens is 1. The third kappa shape index (κ3) is 1.05. The van der Waals surface area contributed by atoms with E-state index in [0.29, 0.717) is 0 Å². The van der Waals surface area contributed by atoms with Gasteiger partial charge in [-0.2, -0.15) is 5.10 Å². The molecule has 0 atom stereocenters. The number of rotatable bonds is 1. The van der Waals surface area contributed by atoms with Gasteiger partial charge in [-0.15, -0.1) is 0 Å². The van der Waals surface area contributed by atoms with E-state index in [4.69, 9.17) is 0 Å². The van der Waals surface area contributed by atoms with Crippen LogP contribution >= 0.6 is 0 Å². The van der Waals surface area contributed by atoms with Crippen molar-refractivity contribution < 1.29 is 5.11 Å². The monoisotopic (exact) mass is 152 g/mol. The maximum Gasteiger partial charge on any atom is 0.108 e. The molecule has 0 radical (unpaired) electrons. The van der Waals surface area contributed by atoms with Gasteiger partial charge >= 0.3 is 0 Å². The van der Waals surface area contributed by atoms with Crippen molar-refractivity contribution in [3.63, 3.8) is 0 Å². The topological polar surface area (TPSA) is 48.9 Å². The number of hydrogen-bond acceptors (Lipinski definition) is 2. The standard InChI is InChI=1S/C8H12N2O/c11-8(4-1-2-5-8)7-3-6-9-10-7/h3,6,11H,1-2,4-5H2,(H,9,10). The second-order valence-electron chi connectivity index (χ2n) is 3.20. The van der Waals surface area contributed by atoms with Crippen LogP contribution in [0.15, 0.2) is 12.3 Å². The summed E-state index contributed by atoms with van der Waals surface area (Å²) in [6.45, 7) is 0. The lowest BCUT2D eigenvalue weighted by Gasteiger charge is -2.18. The van der Waals surface area contributed by atoms with Crippen LogP contribution in [0.4, 0.5) is 0 Å². The van der Waals surface area contributed by atoms with Crippen molar-refractivity contribution in [1.82, 2.24) is 10.2 Å². The number of nitrogens with one attached hydrogen (secondary N) is 1. The highest BCUT2D eigenvalue weighted by atomic mass is 16.3. The zero-order valence-corrected chi connectivity index (χ0v) is 6.38. The van der Waals surface area contributed by atoms with Gasteiger partial charge in [0, 0.05) is 6.20 Å². The molecule has 0 saturated heterocycles. The first-order chi connectivity index (χ1) is 5.31. The fourth-order valence-corrected chi connectivity index (χ4v) is 1.74. The average Bonchev–Trinajstić information content (AvgIpc) is 2.55. The summed E-state index contributed by atoms with van der Waals surface area (Å²) >= 11 is 0. The fourth-order valence-electron chi connectivity index (χ4n) is 1.74. The number of nitrogens with zero attached hydrogens (tertiary/aromatic N) is 1. The lowest BCUT2D eigenvalue weighted by atomic mass is 9.99. The fraction of sp³-hybridized carbons (Fsp3) is 0.625. The first-order valence-electron chi connectivity index (χ1n) is 4.04. The van der Waals surface area contributed by atoms with E-state index in [-0.39, 0.29) is 0 Å². The van der Waals surface area contributed by atoms with Crippen molar-refractivity contribution >= 4 is 0 Å². The van der Waals surface area contributed by atoms with E-state index in [2.05, 4.69) is 10.2 Å². The van der Waals surface area contributed by atoms with Crippen LogP contribution in [0.2, 0.25) is 0 Å². The Kier molecular flexibility index (Phi) is 1.46. The van der Waals surface area contributed by atoms with Crippen LogP contribution < -0.4 is 0 Å². The van der Waals surface area contributed by atoms with Crippen molar-refractivity contribution in [2.75, 3.05) is 0 Å². The largest absolute Gasteiger partial charge is 0.383 e. The van der Waals surface area contributed by atoms with Gasteiger partial charge in [0.2, 0.25) is 0 Å². The predicted molar refractivity (Wildman–Crippen MR) is 41.0 cm³/mol. The molecule has 0 spiro atoms. The van der Waals surface area contributed by atoms with Gasteiger partial charge in [0.25, 0.3) is 0 Å². The SMILES string of the molecule is OC1(c2cc[nH]n2)CCCC1. The Hall–Kier alpha value is -0.830. The van der Waals surface area contributed by atoms with Crippen LogP contribution in [-0.2, 0) is 5.60 Å². The van der Waals surface area contributed by atoms with E-state index in [1.54, 1.807) is 6.20 Å². The molecule has 0 amide bonds. The molecule has 1 fully saturated rings. The highest BCUT2D eigenvalue weighted by Gasteiger charge is 2.34. The molecular weight excluding hydrogens is 140 g/mol. The normalized spacial score (nSPS) is 22.3. The number of aliphatic hydroxyl groups is 1. The molecule has 2 N–H and O–H groups in total. The molecule has 3 nitrogen and oxygen atoms in total. The quantitative estimate of drug-likeness (QED) is 0.634. The molecule has 11 heavy (non-hydrogen) atoms. The molecule has 1 heterocycles. The van der Waals surface area contributed by atoms with E-state index < -0.39 is 5.60 Å². The minimum Gasteiger partial charge on any atom is -0.383 e. The van der Waals surface area contributed by atoms with Crippen molar-refractivity contribution in [1.29, 1.82) is 0 Å². The zero-order valence-electron chi connectivity index (χ0n) is 6.38. The van der Waals surface area contributed by atoms with Gasteiger partial charge in [-0.25, -0.2) is 0 Å². The number of aromatic amines is 1. The summed E-state index contributed by atoms with van der Waals surface area (Å²) in [5.41, 5.74) is 0.176. The van der Waals surface area contributed by atoms with E-state index in [0.717, 1.165) is 31.4 Å². The van der Waals surface area contributed by atoms with Gasteiger partial charge in [0.1, 0.15) is 5.60 Å². The number of hydrogen-bond donors (Lipinski definition) is 2. The summed E-state index contributed by atoms with van der Waals surface area (Å²) in [4.78, 5) is 0. The summed E-state index contributed by atoms with van der Waals surface area (Å²) in [6.07, 6.45) is 5.70. The number of aromatic nitrogens is 2. The first-order valence-corrected chi connectivity index (χ1v) is 4.04. The van der Waals surface area contributed by atoms with Crippen molar-refractivity contribution in [3.8, 4) is 0 Å². The van der Waals surface area contributed by atoms with Crippen LogP contribution in [0.1, 0.15) is 31.4 Å². The highest BCUT2D eigenvalue weighted by Crippen LogP contribution is 2.36. The molecule has 60 valence electrons. The van der Waals surface area contributed by atoms with Crippen LogP contribution in [0, 0.1) is 0 Å². The average molecular weight is 152 g/mol. The molecule has 0 bridgehead atoms. The summed E-state index contributed by atoms with van der Waals surface area (Å²) < 4.78 is 0. The molecule has 1 aromatic rings. The van der Waals surface area contributed by atoms with E-state index in [1.807, 2.05) is 6.07 Å². The molecule has 1 aromatic heterocycles. The summed E-state index contributed by atoms with van der Waals surface area (Å²) in [7, 11) is 0. The Bertz CT molecular complexity index is 224. The Balaban J connectivity index is 2.27. The molecule has 2 rings (SSSR count). The Labute approximate surface area is 65.4 Å². The Morgan fingerprint density at radius 1 is 1.45 bits per heavy atom. The van der Waals surface area contributed by atoms with Crippen molar-refractivity contribution in [2.45, 2.75) is 31.3 Å². The highest BCUT2D eigenvalue weighted by molar-refractivity contribution is 5.11. The van der Waals surface area contributed by atoms with Gasteiger partial charge in [0.15, 0.2) is 0 Å². The molecular formula is C8H12N2O. The lowest BCUT2D eigenvalue weighted by Crippen LogP contribution is -2.21. The second kappa shape index (κ2) is 2.34. The van der Waals surface area contributed by atoms with Gasteiger partial charge < -0.3 is 5.11 Å². The molecule has 0 aromatic carbocycles. The van der Waals surface area contributed by atoms with Gasteiger partial charge in [-0.3, -0.25) is 5.10 Å². The Morgan fingerprint density at radius 3 is 2.73 bits per heavy atom. The molecule has 1 aliphatic carbocycles. The molecule has 3 heteroatoms. The van der Waals surface area contributed by atoms with Crippen molar-refractivity contribution in [2.24, 2.45) is 0 Å². The maximum atomic E-state index is 9.97.